The van der Waals surface area contributed by atoms with Crippen molar-refractivity contribution in [1.82, 2.24) is 0 Å². The molecule has 29 heavy (non-hydrogen) atoms. The first-order valence-corrected chi connectivity index (χ1v) is 10.0. The first kappa shape index (κ1) is 17.7. The van der Waals surface area contributed by atoms with Gasteiger partial charge in [-0.1, -0.05) is 42.5 Å². The van der Waals surface area contributed by atoms with Crippen molar-refractivity contribution in [3.8, 4) is 0 Å². The summed E-state index contributed by atoms with van der Waals surface area (Å²) in [6, 6.07) is 23.3. The van der Waals surface area contributed by atoms with Crippen LogP contribution in [0.3, 0.4) is 0 Å². The number of anilines is 2. The monoisotopic (exact) mass is 382 g/mol. The van der Waals surface area contributed by atoms with Crippen LogP contribution in [0.5, 0.6) is 0 Å². The van der Waals surface area contributed by atoms with Crippen molar-refractivity contribution in [3.05, 3.63) is 95.1 Å². The van der Waals surface area contributed by atoms with Gasteiger partial charge in [0.05, 0.1) is 0 Å². The van der Waals surface area contributed by atoms with Crippen LogP contribution < -0.4 is 9.80 Å². The second-order valence-corrected chi connectivity index (χ2v) is 7.77. The molecule has 0 bridgehead atoms. The summed E-state index contributed by atoms with van der Waals surface area (Å²) in [5, 5.41) is 0. The second-order valence-electron chi connectivity index (χ2n) is 7.77. The molecule has 2 aliphatic rings. The van der Waals surface area contributed by atoms with Gasteiger partial charge in [-0.25, -0.2) is 0 Å². The predicted molar refractivity (Wildman–Crippen MR) is 115 cm³/mol. The number of carbonyl (C=O) groups is 2. The third-order valence-corrected chi connectivity index (χ3v) is 5.91. The summed E-state index contributed by atoms with van der Waals surface area (Å²) in [7, 11) is 0. The number of nitrogens with zero attached hydrogens (tertiary/aromatic N) is 2. The normalized spacial score (nSPS) is 17.2. The third-order valence-electron chi connectivity index (χ3n) is 5.91. The molecule has 0 aromatic heterocycles. The van der Waals surface area contributed by atoms with E-state index in [0.29, 0.717) is 17.7 Å². The molecule has 3 aromatic carbocycles. The Morgan fingerprint density at radius 1 is 0.793 bits per heavy atom. The average Bonchev–Trinajstić information content (AvgIpc) is 3.33. The van der Waals surface area contributed by atoms with Crippen LogP contribution in [0, 0.1) is 0 Å². The quantitative estimate of drug-likeness (QED) is 0.656. The van der Waals surface area contributed by atoms with E-state index in [1.165, 1.54) is 11.1 Å². The van der Waals surface area contributed by atoms with Crippen molar-refractivity contribution in [2.24, 2.45) is 0 Å². The molecular weight excluding hydrogens is 360 g/mol. The molecule has 0 spiro atoms. The molecule has 1 unspecified atom stereocenters. The summed E-state index contributed by atoms with van der Waals surface area (Å²) in [6.07, 6.45) is 1.72. The van der Waals surface area contributed by atoms with E-state index in [1.54, 1.807) is 24.3 Å². The van der Waals surface area contributed by atoms with Gasteiger partial charge in [0.1, 0.15) is 0 Å². The van der Waals surface area contributed by atoms with Gasteiger partial charge in [-0.2, -0.15) is 0 Å². The maximum atomic E-state index is 13.3. The Morgan fingerprint density at radius 2 is 1.45 bits per heavy atom. The molecule has 3 aromatic rings. The maximum absolute atomic E-state index is 13.3. The fourth-order valence-corrected chi connectivity index (χ4v) is 4.50. The molecule has 144 valence electrons. The molecular formula is C25H22N2O2. The summed E-state index contributed by atoms with van der Waals surface area (Å²) < 4.78 is 0. The largest absolute Gasteiger partial charge is 0.308 e. The van der Waals surface area contributed by atoms with E-state index in [9.17, 15) is 9.59 Å². The van der Waals surface area contributed by atoms with Crippen LogP contribution in [0.25, 0.3) is 0 Å². The third kappa shape index (κ3) is 2.92. The zero-order valence-electron chi connectivity index (χ0n) is 16.3. The Morgan fingerprint density at radius 3 is 2.24 bits per heavy atom. The van der Waals surface area contributed by atoms with E-state index in [1.807, 2.05) is 46.2 Å². The molecule has 2 amide bonds. The lowest BCUT2D eigenvalue weighted by atomic mass is 10.1. The number of carbonyl (C=O) groups excluding carboxylic acids is 2. The molecule has 4 heteroatoms. The van der Waals surface area contributed by atoms with Crippen molar-refractivity contribution in [3.63, 3.8) is 0 Å². The first-order chi connectivity index (χ1) is 14.1. The number of benzene rings is 3. The molecule has 0 radical (unpaired) electrons. The number of para-hydroxylation sites is 2. The Bertz CT molecular complexity index is 1120. The summed E-state index contributed by atoms with van der Waals surface area (Å²) >= 11 is 0. The van der Waals surface area contributed by atoms with Crippen LogP contribution in [0.4, 0.5) is 11.4 Å². The van der Waals surface area contributed by atoms with Crippen LogP contribution in [0.1, 0.15) is 38.8 Å². The van der Waals surface area contributed by atoms with E-state index >= 15 is 0 Å². The summed E-state index contributed by atoms with van der Waals surface area (Å²) in [5.41, 5.74) is 5.41. The first-order valence-electron chi connectivity index (χ1n) is 10.0. The Hall–Kier alpha value is -3.40. The molecule has 1 atom stereocenters. The smallest absolute Gasteiger partial charge is 0.258 e. The zero-order valence-corrected chi connectivity index (χ0v) is 16.3. The number of amides is 2. The minimum Gasteiger partial charge on any atom is -0.308 e. The highest BCUT2D eigenvalue weighted by molar-refractivity contribution is 6.11. The summed E-state index contributed by atoms with van der Waals surface area (Å²) in [6.45, 7) is 2.74. The standard InChI is InChI=1S/C25H22N2O2/c1-17-15-19-8-3-5-12-23(19)27(17)25(29)21-10-6-9-20(16-21)24(28)26-14-13-18-7-2-4-11-22(18)26/h2-12,16-17H,13-15H2,1H3. The van der Waals surface area contributed by atoms with Crippen LogP contribution >= 0.6 is 0 Å². The van der Waals surface area contributed by atoms with Crippen molar-refractivity contribution in [2.45, 2.75) is 25.8 Å². The minimum absolute atomic E-state index is 0.0560. The van der Waals surface area contributed by atoms with Crippen molar-refractivity contribution >= 4 is 23.2 Å². The summed E-state index contributed by atoms with van der Waals surface area (Å²) in [4.78, 5) is 30.1. The Kier molecular flexibility index (Phi) is 4.20. The van der Waals surface area contributed by atoms with Gasteiger partial charge < -0.3 is 9.80 Å². The average molecular weight is 382 g/mol. The Labute approximate surface area is 170 Å². The number of fused-ring (bicyclic) bond motifs is 2. The van der Waals surface area contributed by atoms with Crippen LogP contribution in [0.15, 0.2) is 72.8 Å². The highest BCUT2D eigenvalue weighted by Crippen LogP contribution is 2.33. The molecule has 0 N–H and O–H groups in total. The van der Waals surface area contributed by atoms with Crippen molar-refractivity contribution in [1.29, 1.82) is 0 Å². The van der Waals surface area contributed by atoms with Gasteiger partial charge in [-0.15, -0.1) is 0 Å². The lowest BCUT2D eigenvalue weighted by Gasteiger charge is -2.23. The van der Waals surface area contributed by atoms with Gasteiger partial charge in [0.2, 0.25) is 0 Å². The minimum atomic E-state index is -0.0566. The van der Waals surface area contributed by atoms with E-state index < -0.39 is 0 Å². The van der Waals surface area contributed by atoms with Crippen LogP contribution in [0.2, 0.25) is 0 Å². The Balaban J connectivity index is 1.45. The second kappa shape index (κ2) is 6.89. The maximum Gasteiger partial charge on any atom is 0.258 e. The van der Waals surface area contributed by atoms with Gasteiger partial charge in [0, 0.05) is 35.1 Å². The van der Waals surface area contributed by atoms with Gasteiger partial charge in [0.25, 0.3) is 11.8 Å². The molecule has 0 saturated heterocycles. The molecule has 2 heterocycles. The number of rotatable bonds is 2. The molecule has 0 aliphatic carbocycles. The fourth-order valence-electron chi connectivity index (χ4n) is 4.50. The lowest BCUT2D eigenvalue weighted by Crippen LogP contribution is -2.36. The SMILES string of the molecule is CC1Cc2ccccc2N1C(=O)c1cccc(C(=O)N2CCc3ccccc32)c1. The molecule has 0 saturated carbocycles. The predicted octanol–water partition coefficient (Wildman–Crippen LogP) is 4.48. The van der Waals surface area contributed by atoms with Crippen molar-refractivity contribution < 1.29 is 9.59 Å². The van der Waals surface area contributed by atoms with Crippen LogP contribution in [-0.4, -0.2) is 24.4 Å². The number of hydrogen-bond donors (Lipinski definition) is 0. The molecule has 2 aliphatic heterocycles. The van der Waals surface area contributed by atoms with Gasteiger partial charge in [-0.3, -0.25) is 9.59 Å². The highest BCUT2D eigenvalue weighted by Gasteiger charge is 2.32. The zero-order chi connectivity index (χ0) is 20.0. The fraction of sp³-hybridized carbons (Fsp3) is 0.200. The summed E-state index contributed by atoms with van der Waals surface area (Å²) in [5.74, 6) is -0.113. The highest BCUT2D eigenvalue weighted by atomic mass is 16.2. The molecule has 0 fully saturated rings. The van der Waals surface area contributed by atoms with E-state index in [0.717, 1.165) is 24.2 Å². The van der Waals surface area contributed by atoms with E-state index in [4.69, 9.17) is 0 Å². The van der Waals surface area contributed by atoms with Gasteiger partial charge >= 0.3 is 0 Å². The topological polar surface area (TPSA) is 40.6 Å². The van der Waals surface area contributed by atoms with E-state index in [-0.39, 0.29) is 17.9 Å². The lowest BCUT2D eigenvalue weighted by molar-refractivity contribution is 0.0981. The molecule has 4 nitrogen and oxygen atoms in total. The van der Waals surface area contributed by atoms with E-state index in [2.05, 4.69) is 19.1 Å². The van der Waals surface area contributed by atoms with Gasteiger partial charge in [0.15, 0.2) is 0 Å². The molecule has 5 rings (SSSR count). The van der Waals surface area contributed by atoms with Crippen LogP contribution in [-0.2, 0) is 12.8 Å². The number of hydrogen-bond acceptors (Lipinski definition) is 2. The van der Waals surface area contributed by atoms with Gasteiger partial charge in [-0.05, 0) is 61.2 Å². The van der Waals surface area contributed by atoms with Crippen molar-refractivity contribution in [2.75, 3.05) is 16.3 Å².